The highest BCUT2D eigenvalue weighted by molar-refractivity contribution is 7.98. The maximum absolute atomic E-state index is 11.0. The van der Waals surface area contributed by atoms with Crippen LogP contribution < -0.4 is 0 Å². The summed E-state index contributed by atoms with van der Waals surface area (Å²) in [6.07, 6.45) is 1.73. The highest BCUT2D eigenvalue weighted by Crippen LogP contribution is 2.30. The molecule has 0 aliphatic carbocycles. The molecule has 0 fully saturated rings. The van der Waals surface area contributed by atoms with Gasteiger partial charge in [0, 0.05) is 28.2 Å². The highest BCUT2D eigenvalue weighted by Gasteiger charge is 2.14. The summed E-state index contributed by atoms with van der Waals surface area (Å²) in [4.78, 5) is 10.7. The SMILES string of the molecule is Cc1c(CSc2nncc3ccccc23)cccc1[N+](=O)[O-]. The van der Waals surface area contributed by atoms with Crippen LogP contribution >= 0.6 is 11.8 Å². The number of fused-ring (bicyclic) bond motifs is 1. The van der Waals surface area contributed by atoms with Gasteiger partial charge in [0.05, 0.1) is 11.1 Å². The van der Waals surface area contributed by atoms with Crippen molar-refractivity contribution in [3.8, 4) is 0 Å². The zero-order valence-electron chi connectivity index (χ0n) is 11.9. The Labute approximate surface area is 131 Å². The van der Waals surface area contributed by atoms with Crippen molar-refractivity contribution in [2.24, 2.45) is 0 Å². The zero-order valence-corrected chi connectivity index (χ0v) is 12.7. The fourth-order valence-electron chi connectivity index (χ4n) is 2.28. The molecule has 0 radical (unpaired) electrons. The first-order chi connectivity index (χ1) is 10.7. The first kappa shape index (κ1) is 14.5. The highest BCUT2D eigenvalue weighted by atomic mass is 32.2. The fraction of sp³-hybridized carbons (Fsp3) is 0.125. The Balaban J connectivity index is 1.89. The average molecular weight is 311 g/mol. The summed E-state index contributed by atoms with van der Waals surface area (Å²) in [5.41, 5.74) is 1.80. The Hall–Kier alpha value is -2.47. The number of benzene rings is 2. The van der Waals surface area contributed by atoms with Gasteiger partial charge in [-0.3, -0.25) is 10.1 Å². The van der Waals surface area contributed by atoms with Crippen molar-refractivity contribution in [1.82, 2.24) is 10.2 Å². The van der Waals surface area contributed by atoms with E-state index < -0.39 is 0 Å². The number of nitrogens with zero attached hydrogens (tertiary/aromatic N) is 3. The molecular weight excluding hydrogens is 298 g/mol. The molecule has 0 N–H and O–H groups in total. The summed E-state index contributed by atoms with van der Waals surface area (Å²) in [5.74, 6) is 0.621. The number of nitro benzene ring substituents is 1. The van der Waals surface area contributed by atoms with E-state index in [0.29, 0.717) is 11.3 Å². The van der Waals surface area contributed by atoms with E-state index in [0.717, 1.165) is 21.4 Å². The van der Waals surface area contributed by atoms with E-state index in [2.05, 4.69) is 10.2 Å². The van der Waals surface area contributed by atoms with Gasteiger partial charge in [-0.1, -0.05) is 48.2 Å². The lowest BCUT2D eigenvalue weighted by molar-refractivity contribution is -0.385. The minimum Gasteiger partial charge on any atom is -0.258 e. The van der Waals surface area contributed by atoms with E-state index in [1.165, 1.54) is 6.07 Å². The molecule has 0 aliphatic heterocycles. The fourth-order valence-corrected chi connectivity index (χ4v) is 3.33. The van der Waals surface area contributed by atoms with Crippen LogP contribution in [0.1, 0.15) is 11.1 Å². The van der Waals surface area contributed by atoms with Gasteiger partial charge in [0.15, 0.2) is 0 Å². The standard InChI is InChI=1S/C16H13N3O2S/c1-11-13(6-4-8-15(11)19(20)21)10-22-16-14-7-3-2-5-12(14)9-17-18-16/h2-9H,10H2,1H3. The van der Waals surface area contributed by atoms with E-state index in [9.17, 15) is 10.1 Å². The van der Waals surface area contributed by atoms with E-state index in [-0.39, 0.29) is 10.6 Å². The second-order valence-electron chi connectivity index (χ2n) is 4.84. The molecule has 3 rings (SSSR count). The van der Waals surface area contributed by atoms with Gasteiger partial charge < -0.3 is 0 Å². The first-order valence-electron chi connectivity index (χ1n) is 6.73. The number of thioether (sulfide) groups is 1. The summed E-state index contributed by atoms with van der Waals surface area (Å²) in [5, 5.41) is 22.1. The van der Waals surface area contributed by atoms with Crippen LogP contribution in [0.25, 0.3) is 10.8 Å². The number of hydrogen-bond donors (Lipinski definition) is 0. The number of nitro groups is 1. The average Bonchev–Trinajstić information content (AvgIpc) is 2.53. The van der Waals surface area contributed by atoms with Gasteiger partial charge in [0.2, 0.25) is 0 Å². The van der Waals surface area contributed by atoms with Gasteiger partial charge in [-0.05, 0) is 12.5 Å². The Kier molecular flexibility index (Phi) is 4.02. The van der Waals surface area contributed by atoms with Crippen LogP contribution in [0.5, 0.6) is 0 Å². The molecule has 0 spiro atoms. The summed E-state index contributed by atoms with van der Waals surface area (Å²) >= 11 is 1.54. The third kappa shape index (κ3) is 2.78. The van der Waals surface area contributed by atoms with Crippen molar-refractivity contribution >= 4 is 28.2 Å². The smallest absolute Gasteiger partial charge is 0.258 e. The molecule has 0 saturated carbocycles. The van der Waals surface area contributed by atoms with Crippen LogP contribution in [0, 0.1) is 17.0 Å². The van der Waals surface area contributed by atoms with Crippen molar-refractivity contribution in [2.75, 3.05) is 0 Å². The van der Waals surface area contributed by atoms with Crippen LogP contribution in [0.2, 0.25) is 0 Å². The van der Waals surface area contributed by atoms with Gasteiger partial charge >= 0.3 is 0 Å². The summed E-state index contributed by atoms with van der Waals surface area (Å²) in [7, 11) is 0. The molecule has 1 aromatic heterocycles. The van der Waals surface area contributed by atoms with Gasteiger partial charge in [-0.25, -0.2) is 0 Å². The second-order valence-corrected chi connectivity index (χ2v) is 5.81. The quantitative estimate of drug-likeness (QED) is 0.411. The molecule has 0 saturated heterocycles. The van der Waals surface area contributed by atoms with Crippen LogP contribution in [-0.2, 0) is 5.75 Å². The largest absolute Gasteiger partial charge is 0.272 e. The van der Waals surface area contributed by atoms with E-state index in [1.807, 2.05) is 30.3 Å². The van der Waals surface area contributed by atoms with Crippen LogP contribution in [-0.4, -0.2) is 15.1 Å². The molecule has 110 valence electrons. The molecule has 22 heavy (non-hydrogen) atoms. The molecule has 6 heteroatoms. The molecule has 0 unspecified atom stereocenters. The van der Waals surface area contributed by atoms with Crippen LogP contribution in [0.3, 0.4) is 0 Å². The topological polar surface area (TPSA) is 68.9 Å². The lowest BCUT2D eigenvalue weighted by atomic mass is 10.1. The molecule has 0 bridgehead atoms. The van der Waals surface area contributed by atoms with Crippen LogP contribution in [0.15, 0.2) is 53.7 Å². The molecule has 1 heterocycles. The maximum Gasteiger partial charge on any atom is 0.272 e. The predicted octanol–water partition coefficient (Wildman–Crippen LogP) is 4.14. The van der Waals surface area contributed by atoms with Crippen molar-refractivity contribution in [1.29, 1.82) is 0 Å². The summed E-state index contributed by atoms with van der Waals surface area (Å²) < 4.78 is 0. The van der Waals surface area contributed by atoms with E-state index in [4.69, 9.17) is 0 Å². The molecule has 0 amide bonds. The van der Waals surface area contributed by atoms with E-state index in [1.54, 1.807) is 30.9 Å². The second kappa shape index (κ2) is 6.11. The maximum atomic E-state index is 11.0. The molecule has 3 aromatic rings. The Morgan fingerprint density at radius 3 is 2.82 bits per heavy atom. The molecule has 2 aromatic carbocycles. The summed E-state index contributed by atoms with van der Waals surface area (Å²) in [6, 6.07) is 13.1. The number of hydrogen-bond acceptors (Lipinski definition) is 5. The van der Waals surface area contributed by atoms with Crippen molar-refractivity contribution in [3.05, 3.63) is 69.9 Å². The zero-order chi connectivity index (χ0) is 15.5. The molecule has 5 nitrogen and oxygen atoms in total. The minimum atomic E-state index is -0.346. The van der Waals surface area contributed by atoms with E-state index >= 15 is 0 Å². The third-order valence-corrected chi connectivity index (χ3v) is 4.55. The van der Waals surface area contributed by atoms with Gasteiger partial charge in [0.25, 0.3) is 5.69 Å². The minimum absolute atomic E-state index is 0.155. The van der Waals surface area contributed by atoms with Gasteiger partial charge in [-0.15, -0.1) is 5.10 Å². The van der Waals surface area contributed by atoms with Crippen LogP contribution in [0.4, 0.5) is 5.69 Å². The van der Waals surface area contributed by atoms with Crippen molar-refractivity contribution in [3.63, 3.8) is 0 Å². The molecule has 0 aliphatic rings. The monoisotopic (exact) mass is 311 g/mol. The van der Waals surface area contributed by atoms with Crippen molar-refractivity contribution < 1.29 is 4.92 Å². The number of aromatic nitrogens is 2. The lowest BCUT2D eigenvalue weighted by Gasteiger charge is -2.07. The lowest BCUT2D eigenvalue weighted by Crippen LogP contribution is -1.96. The first-order valence-corrected chi connectivity index (χ1v) is 7.71. The van der Waals surface area contributed by atoms with Gasteiger partial charge in [0.1, 0.15) is 5.03 Å². The van der Waals surface area contributed by atoms with Crippen molar-refractivity contribution in [2.45, 2.75) is 17.7 Å². The third-order valence-electron chi connectivity index (χ3n) is 3.52. The summed E-state index contributed by atoms with van der Waals surface area (Å²) in [6.45, 7) is 1.78. The predicted molar refractivity (Wildman–Crippen MR) is 86.9 cm³/mol. The number of rotatable bonds is 4. The molecular formula is C16H13N3O2S. The Morgan fingerprint density at radius 1 is 1.18 bits per heavy atom. The molecule has 0 atom stereocenters. The normalized spacial score (nSPS) is 10.8. The Morgan fingerprint density at radius 2 is 2.00 bits per heavy atom. The Bertz CT molecular complexity index is 846. The van der Waals surface area contributed by atoms with Gasteiger partial charge in [-0.2, -0.15) is 5.10 Å².